The van der Waals surface area contributed by atoms with Gasteiger partial charge in [0.2, 0.25) is 5.91 Å². The Balaban J connectivity index is 1.44. The number of ether oxygens (including phenoxy) is 1. The standard InChI is InChI=1S/C20H19ClN4O2/c21-16-6-2-1-5-15(16)13-25-19(9-10-22-25)23-20(26)14-24-11-12-27-18-8-4-3-7-17(18)24/h1-10H,11-14H2,(H,23,26). The molecule has 0 bridgehead atoms. The average Bonchev–Trinajstić information content (AvgIpc) is 3.10. The molecule has 27 heavy (non-hydrogen) atoms. The minimum atomic E-state index is -0.104. The third-order valence-electron chi connectivity index (χ3n) is 4.42. The molecule has 1 aliphatic rings. The van der Waals surface area contributed by atoms with Crippen molar-refractivity contribution in [1.29, 1.82) is 0 Å². The van der Waals surface area contributed by atoms with Crippen LogP contribution in [0, 0.1) is 0 Å². The van der Waals surface area contributed by atoms with E-state index >= 15 is 0 Å². The predicted molar refractivity (Wildman–Crippen MR) is 106 cm³/mol. The summed E-state index contributed by atoms with van der Waals surface area (Å²) in [6.45, 7) is 1.97. The van der Waals surface area contributed by atoms with Crippen molar-refractivity contribution in [2.24, 2.45) is 0 Å². The molecule has 7 heteroatoms. The van der Waals surface area contributed by atoms with Crippen LogP contribution in [0.1, 0.15) is 5.56 Å². The van der Waals surface area contributed by atoms with Crippen molar-refractivity contribution in [3.63, 3.8) is 0 Å². The molecule has 0 radical (unpaired) electrons. The number of carbonyl (C=O) groups is 1. The molecule has 1 aromatic heterocycles. The Hall–Kier alpha value is -2.99. The average molecular weight is 383 g/mol. The summed E-state index contributed by atoms with van der Waals surface area (Å²) in [4.78, 5) is 14.6. The number of aromatic nitrogens is 2. The van der Waals surface area contributed by atoms with Crippen molar-refractivity contribution < 1.29 is 9.53 Å². The molecule has 0 aliphatic carbocycles. The number of halogens is 1. The van der Waals surface area contributed by atoms with E-state index in [0.717, 1.165) is 17.0 Å². The molecule has 2 aromatic carbocycles. The van der Waals surface area contributed by atoms with Crippen LogP contribution in [0.15, 0.2) is 60.8 Å². The lowest BCUT2D eigenvalue weighted by molar-refractivity contribution is -0.115. The molecule has 2 heterocycles. The number of nitrogens with zero attached hydrogens (tertiary/aromatic N) is 3. The van der Waals surface area contributed by atoms with Crippen LogP contribution < -0.4 is 15.0 Å². The number of benzene rings is 2. The number of nitrogens with one attached hydrogen (secondary N) is 1. The summed E-state index contributed by atoms with van der Waals surface area (Å²) >= 11 is 6.23. The first-order chi connectivity index (χ1) is 13.2. The number of para-hydroxylation sites is 2. The number of hydrogen-bond donors (Lipinski definition) is 1. The molecule has 0 unspecified atom stereocenters. The fourth-order valence-electron chi connectivity index (χ4n) is 3.10. The van der Waals surface area contributed by atoms with Gasteiger partial charge in [0.15, 0.2) is 0 Å². The maximum atomic E-state index is 12.6. The van der Waals surface area contributed by atoms with Gasteiger partial charge in [0.1, 0.15) is 18.2 Å². The Kier molecular flexibility index (Phi) is 4.98. The van der Waals surface area contributed by atoms with E-state index in [1.807, 2.05) is 53.4 Å². The van der Waals surface area contributed by atoms with Gasteiger partial charge in [0.05, 0.1) is 31.5 Å². The molecule has 0 atom stereocenters. The Morgan fingerprint density at radius 1 is 1.15 bits per heavy atom. The number of amides is 1. The fourth-order valence-corrected chi connectivity index (χ4v) is 3.29. The zero-order valence-corrected chi connectivity index (χ0v) is 15.4. The minimum Gasteiger partial charge on any atom is -0.490 e. The highest BCUT2D eigenvalue weighted by atomic mass is 35.5. The van der Waals surface area contributed by atoms with E-state index in [2.05, 4.69) is 10.4 Å². The molecule has 0 fully saturated rings. The smallest absolute Gasteiger partial charge is 0.245 e. The molecule has 138 valence electrons. The summed E-state index contributed by atoms with van der Waals surface area (Å²) < 4.78 is 7.37. The van der Waals surface area contributed by atoms with Crippen molar-refractivity contribution in [2.45, 2.75) is 6.54 Å². The SMILES string of the molecule is O=C(CN1CCOc2ccccc21)Nc1ccnn1Cc1ccccc1Cl. The lowest BCUT2D eigenvalue weighted by Crippen LogP contribution is -2.39. The first kappa shape index (κ1) is 17.4. The molecular formula is C20H19ClN4O2. The van der Waals surface area contributed by atoms with Gasteiger partial charge in [-0.3, -0.25) is 4.79 Å². The summed E-state index contributed by atoms with van der Waals surface area (Å²) in [5, 5.41) is 7.92. The Bertz CT molecular complexity index is 956. The lowest BCUT2D eigenvalue weighted by Gasteiger charge is -2.30. The van der Waals surface area contributed by atoms with Gasteiger partial charge in [0, 0.05) is 11.1 Å². The molecule has 0 saturated carbocycles. The van der Waals surface area contributed by atoms with Gasteiger partial charge < -0.3 is 15.0 Å². The second kappa shape index (κ2) is 7.72. The second-order valence-corrected chi connectivity index (χ2v) is 6.66. The van der Waals surface area contributed by atoms with Gasteiger partial charge in [0.25, 0.3) is 0 Å². The Morgan fingerprint density at radius 3 is 2.85 bits per heavy atom. The molecule has 6 nitrogen and oxygen atoms in total. The Morgan fingerprint density at radius 2 is 1.96 bits per heavy atom. The molecule has 0 saturated heterocycles. The number of hydrogen-bond acceptors (Lipinski definition) is 4. The van der Waals surface area contributed by atoms with Gasteiger partial charge in [-0.2, -0.15) is 5.10 Å². The quantitative estimate of drug-likeness (QED) is 0.734. The third kappa shape index (κ3) is 3.90. The lowest BCUT2D eigenvalue weighted by atomic mass is 10.2. The highest BCUT2D eigenvalue weighted by Crippen LogP contribution is 2.30. The van der Waals surface area contributed by atoms with Gasteiger partial charge in [-0.25, -0.2) is 4.68 Å². The van der Waals surface area contributed by atoms with Gasteiger partial charge in [-0.05, 0) is 23.8 Å². The summed E-state index contributed by atoms with van der Waals surface area (Å²) in [5.74, 6) is 1.34. The van der Waals surface area contributed by atoms with Crippen LogP contribution in [-0.4, -0.2) is 35.4 Å². The van der Waals surface area contributed by atoms with E-state index in [4.69, 9.17) is 16.3 Å². The van der Waals surface area contributed by atoms with Crippen LogP contribution in [0.2, 0.25) is 5.02 Å². The van der Waals surface area contributed by atoms with E-state index in [1.54, 1.807) is 16.9 Å². The molecule has 0 spiro atoms. The summed E-state index contributed by atoms with van der Waals surface area (Å²) in [7, 11) is 0. The van der Waals surface area contributed by atoms with Crippen molar-refractivity contribution in [3.05, 3.63) is 71.4 Å². The largest absolute Gasteiger partial charge is 0.490 e. The number of carbonyl (C=O) groups excluding carboxylic acids is 1. The molecule has 1 N–H and O–H groups in total. The third-order valence-corrected chi connectivity index (χ3v) is 4.79. The minimum absolute atomic E-state index is 0.104. The molecule has 1 aliphatic heterocycles. The maximum absolute atomic E-state index is 12.6. The van der Waals surface area contributed by atoms with Crippen LogP contribution >= 0.6 is 11.6 Å². The van der Waals surface area contributed by atoms with Crippen LogP contribution in [0.25, 0.3) is 0 Å². The molecular weight excluding hydrogens is 364 g/mol. The van der Waals surface area contributed by atoms with Crippen LogP contribution in [-0.2, 0) is 11.3 Å². The van der Waals surface area contributed by atoms with E-state index in [1.165, 1.54) is 0 Å². The molecule has 4 rings (SSSR count). The molecule has 1 amide bonds. The summed E-state index contributed by atoms with van der Waals surface area (Å²) in [6.07, 6.45) is 1.66. The van der Waals surface area contributed by atoms with E-state index in [9.17, 15) is 4.79 Å². The second-order valence-electron chi connectivity index (χ2n) is 6.25. The van der Waals surface area contributed by atoms with Crippen LogP contribution in [0.4, 0.5) is 11.5 Å². The summed E-state index contributed by atoms with van der Waals surface area (Å²) in [5.41, 5.74) is 1.88. The van der Waals surface area contributed by atoms with E-state index < -0.39 is 0 Å². The number of fused-ring (bicyclic) bond motifs is 1. The zero-order chi connectivity index (χ0) is 18.6. The van der Waals surface area contributed by atoms with Crippen molar-refractivity contribution in [3.8, 4) is 5.75 Å². The normalized spacial score (nSPS) is 13.0. The van der Waals surface area contributed by atoms with Gasteiger partial charge in [-0.1, -0.05) is 41.9 Å². The first-order valence-corrected chi connectivity index (χ1v) is 9.10. The zero-order valence-electron chi connectivity index (χ0n) is 14.6. The van der Waals surface area contributed by atoms with Crippen molar-refractivity contribution in [2.75, 3.05) is 29.9 Å². The maximum Gasteiger partial charge on any atom is 0.245 e. The van der Waals surface area contributed by atoms with E-state index in [-0.39, 0.29) is 12.5 Å². The van der Waals surface area contributed by atoms with Crippen LogP contribution in [0.3, 0.4) is 0 Å². The van der Waals surface area contributed by atoms with Gasteiger partial charge in [-0.15, -0.1) is 0 Å². The predicted octanol–water partition coefficient (Wildman–Crippen LogP) is 3.42. The molecule has 3 aromatic rings. The number of anilines is 2. The monoisotopic (exact) mass is 382 g/mol. The fraction of sp³-hybridized carbons (Fsp3) is 0.200. The topological polar surface area (TPSA) is 59.4 Å². The van der Waals surface area contributed by atoms with Crippen molar-refractivity contribution in [1.82, 2.24) is 9.78 Å². The Labute approximate surface area is 162 Å². The van der Waals surface area contributed by atoms with Crippen molar-refractivity contribution >= 4 is 29.0 Å². The number of rotatable bonds is 5. The highest BCUT2D eigenvalue weighted by Gasteiger charge is 2.20. The first-order valence-electron chi connectivity index (χ1n) is 8.72. The van der Waals surface area contributed by atoms with E-state index in [0.29, 0.717) is 30.5 Å². The summed E-state index contributed by atoms with van der Waals surface area (Å²) in [6, 6.07) is 17.1. The van der Waals surface area contributed by atoms with Gasteiger partial charge >= 0.3 is 0 Å². The highest BCUT2D eigenvalue weighted by molar-refractivity contribution is 6.31. The van der Waals surface area contributed by atoms with Crippen LogP contribution in [0.5, 0.6) is 5.75 Å².